The van der Waals surface area contributed by atoms with Crippen LogP contribution in [0.2, 0.25) is 0 Å². The Morgan fingerprint density at radius 1 is 1.11 bits per heavy atom. The highest BCUT2D eigenvalue weighted by molar-refractivity contribution is 9.09. The van der Waals surface area contributed by atoms with E-state index in [1.807, 2.05) is 0 Å². The van der Waals surface area contributed by atoms with Gasteiger partial charge in [-0.3, -0.25) is 0 Å². The van der Waals surface area contributed by atoms with Crippen LogP contribution in [0, 0.1) is 17.8 Å². The van der Waals surface area contributed by atoms with Crippen molar-refractivity contribution in [3.8, 4) is 0 Å². The number of halogens is 1. The van der Waals surface area contributed by atoms with Crippen LogP contribution in [0.15, 0.2) is 24.3 Å². The Morgan fingerprint density at radius 3 is 2.39 bits per heavy atom. The van der Waals surface area contributed by atoms with Gasteiger partial charge in [0.05, 0.1) is 0 Å². The summed E-state index contributed by atoms with van der Waals surface area (Å²) in [6.07, 6.45) is 8.26. The maximum absolute atomic E-state index is 3.94. The van der Waals surface area contributed by atoms with Crippen molar-refractivity contribution in [2.45, 2.75) is 50.3 Å². The van der Waals surface area contributed by atoms with Gasteiger partial charge in [0.2, 0.25) is 0 Å². The van der Waals surface area contributed by atoms with Crippen LogP contribution in [0.1, 0.15) is 55.0 Å². The largest absolute Gasteiger partial charge is 0.0836 e. The van der Waals surface area contributed by atoms with Crippen LogP contribution in [0.4, 0.5) is 0 Å². The van der Waals surface area contributed by atoms with E-state index in [9.17, 15) is 0 Å². The number of hydrogen-bond donors (Lipinski definition) is 0. The molecule has 2 fully saturated rings. The van der Waals surface area contributed by atoms with E-state index in [1.54, 1.807) is 0 Å². The summed E-state index contributed by atoms with van der Waals surface area (Å²) in [6.45, 7) is 2.26. The minimum atomic E-state index is 0.588. The van der Waals surface area contributed by atoms with Crippen molar-refractivity contribution in [3.05, 3.63) is 35.4 Å². The molecule has 3 atom stereocenters. The maximum atomic E-state index is 3.94. The molecule has 3 rings (SSSR count). The standard InChI is InChI=1S/C17H23Br/c1-2-3-4-12-5-7-13(8-6-12)17(18)16-10-14-9-15(14)11-16/h5-8,14-17H,2-4,9-11H2,1H3. The molecule has 1 aromatic carbocycles. The smallest absolute Gasteiger partial charge is 0.0423 e. The van der Waals surface area contributed by atoms with Crippen LogP contribution < -0.4 is 0 Å². The lowest BCUT2D eigenvalue weighted by atomic mass is 9.94. The lowest BCUT2D eigenvalue weighted by molar-refractivity contribution is 0.482. The monoisotopic (exact) mass is 306 g/mol. The predicted octanol–water partition coefficient (Wildman–Crippen LogP) is 5.51. The molecule has 0 bridgehead atoms. The summed E-state index contributed by atoms with van der Waals surface area (Å²) in [5.41, 5.74) is 2.98. The highest BCUT2D eigenvalue weighted by atomic mass is 79.9. The average Bonchev–Trinajstić information content (AvgIpc) is 3.03. The van der Waals surface area contributed by atoms with Crippen molar-refractivity contribution in [2.75, 3.05) is 0 Å². The van der Waals surface area contributed by atoms with Crippen LogP contribution in [0.5, 0.6) is 0 Å². The first-order valence-electron chi connectivity index (χ1n) is 7.51. The van der Waals surface area contributed by atoms with Crippen molar-refractivity contribution >= 4 is 15.9 Å². The number of hydrogen-bond acceptors (Lipinski definition) is 0. The molecule has 0 heterocycles. The van der Waals surface area contributed by atoms with Gasteiger partial charge in [-0.25, -0.2) is 0 Å². The zero-order chi connectivity index (χ0) is 12.5. The van der Waals surface area contributed by atoms with Gasteiger partial charge in [0.1, 0.15) is 0 Å². The third-order valence-electron chi connectivity index (χ3n) is 4.81. The molecule has 2 saturated carbocycles. The van der Waals surface area contributed by atoms with Crippen LogP contribution >= 0.6 is 15.9 Å². The third kappa shape index (κ3) is 2.66. The third-order valence-corrected chi connectivity index (χ3v) is 6.09. The van der Waals surface area contributed by atoms with Crippen molar-refractivity contribution in [2.24, 2.45) is 17.8 Å². The lowest BCUT2D eigenvalue weighted by Crippen LogP contribution is -2.05. The number of aryl methyl sites for hydroxylation is 1. The Morgan fingerprint density at radius 2 is 1.78 bits per heavy atom. The van der Waals surface area contributed by atoms with Gasteiger partial charge in [0, 0.05) is 4.83 Å². The predicted molar refractivity (Wildman–Crippen MR) is 81.0 cm³/mol. The fourth-order valence-electron chi connectivity index (χ4n) is 3.52. The number of rotatable bonds is 5. The number of benzene rings is 1. The van der Waals surface area contributed by atoms with Crippen molar-refractivity contribution in [3.63, 3.8) is 0 Å². The molecule has 2 aliphatic rings. The molecule has 0 N–H and O–H groups in total. The lowest BCUT2D eigenvalue weighted by Gasteiger charge is -2.19. The summed E-state index contributed by atoms with van der Waals surface area (Å²) >= 11 is 3.94. The Labute approximate surface area is 119 Å². The van der Waals surface area contributed by atoms with Gasteiger partial charge in [0.25, 0.3) is 0 Å². The first-order valence-corrected chi connectivity index (χ1v) is 8.42. The zero-order valence-electron chi connectivity index (χ0n) is 11.2. The van der Waals surface area contributed by atoms with Gasteiger partial charge in [-0.05, 0) is 61.0 Å². The van der Waals surface area contributed by atoms with E-state index in [4.69, 9.17) is 0 Å². The van der Waals surface area contributed by atoms with Crippen LogP contribution in [0.25, 0.3) is 0 Å². The minimum absolute atomic E-state index is 0.588. The normalized spacial score (nSPS) is 31.1. The number of fused-ring (bicyclic) bond motifs is 1. The molecule has 0 radical (unpaired) electrons. The Bertz CT molecular complexity index is 385. The molecule has 0 aromatic heterocycles. The van der Waals surface area contributed by atoms with E-state index in [0.29, 0.717) is 4.83 Å². The first-order chi connectivity index (χ1) is 8.78. The molecule has 98 valence electrons. The number of unbranched alkanes of at least 4 members (excludes halogenated alkanes) is 1. The second-order valence-corrected chi connectivity index (χ2v) is 7.22. The highest BCUT2D eigenvalue weighted by Gasteiger charge is 2.47. The zero-order valence-corrected chi connectivity index (χ0v) is 12.8. The molecule has 18 heavy (non-hydrogen) atoms. The summed E-state index contributed by atoms with van der Waals surface area (Å²) in [5.74, 6) is 3.05. The summed E-state index contributed by atoms with van der Waals surface area (Å²) in [4.78, 5) is 0.588. The molecule has 0 nitrogen and oxygen atoms in total. The molecule has 0 spiro atoms. The molecule has 0 saturated heterocycles. The van der Waals surface area contributed by atoms with Crippen LogP contribution in [0.3, 0.4) is 0 Å². The van der Waals surface area contributed by atoms with Crippen molar-refractivity contribution in [1.82, 2.24) is 0 Å². The summed E-state index contributed by atoms with van der Waals surface area (Å²) in [5, 5.41) is 0. The average molecular weight is 307 g/mol. The molecule has 0 amide bonds. The minimum Gasteiger partial charge on any atom is -0.0836 e. The van der Waals surface area contributed by atoms with Gasteiger partial charge in [0.15, 0.2) is 0 Å². The SMILES string of the molecule is CCCCc1ccc(C(Br)C2CC3CC3C2)cc1. The Hall–Kier alpha value is -0.300. The fourth-order valence-corrected chi connectivity index (χ4v) is 4.26. The second kappa shape index (κ2) is 5.36. The first kappa shape index (κ1) is 12.7. The van der Waals surface area contributed by atoms with E-state index in [-0.39, 0.29) is 0 Å². The van der Waals surface area contributed by atoms with E-state index < -0.39 is 0 Å². The van der Waals surface area contributed by atoms with Crippen molar-refractivity contribution in [1.29, 1.82) is 0 Å². The van der Waals surface area contributed by atoms with E-state index in [2.05, 4.69) is 47.1 Å². The second-order valence-electron chi connectivity index (χ2n) is 6.23. The number of alkyl halides is 1. The van der Waals surface area contributed by atoms with Gasteiger partial charge in [-0.1, -0.05) is 53.5 Å². The van der Waals surface area contributed by atoms with Crippen molar-refractivity contribution < 1.29 is 0 Å². The summed E-state index contributed by atoms with van der Waals surface area (Å²) in [6, 6.07) is 9.34. The van der Waals surface area contributed by atoms with Gasteiger partial charge < -0.3 is 0 Å². The maximum Gasteiger partial charge on any atom is 0.0423 e. The van der Waals surface area contributed by atoms with E-state index in [1.165, 1.54) is 49.7 Å². The molecular formula is C17H23Br. The van der Waals surface area contributed by atoms with Crippen LogP contribution in [-0.2, 0) is 6.42 Å². The Balaban J connectivity index is 1.61. The molecule has 1 aromatic rings. The van der Waals surface area contributed by atoms with Gasteiger partial charge in [-0.15, -0.1) is 0 Å². The quantitative estimate of drug-likeness (QED) is 0.629. The van der Waals surface area contributed by atoms with Gasteiger partial charge >= 0.3 is 0 Å². The Kier molecular flexibility index (Phi) is 3.79. The van der Waals surface area contributed by atoms with E-state index in [0.717, 1.165) is 17.8 Å². The molecular weight excluding hydrogens is 284 g/mol. The molecule has 3 unspecified atom stereocenters. The molecule has 2 aliphatic carbocycles. The molecule has 0 aliphatic heterocycles. The van der Waals surface area contributed by atoms with Crippen LogP contribution in [-0.4, -0.2) is 0 Å². The van der Waals surface area contributed by atoms with Gasteiger partial charge in [-0.2, -0.15) is 0 Å². The summed E-state index contributed by atoms with van der Waals surface area (Å²) in [7, 11) is 0. The van der Waals surface area contributed by atoms with E-state index >= 15 is 0 Å². The summed E-state index contributed by atoms with van der Waals surface area (Å²) < 4.78 is 0. The topological polar surface area (TPSA) is 0 Å². The highest BCUT2D eigenvalue weighted by Crippen LogP contribution is 2.58. The molecule has 1 heteroatoms. The fraction of sp³-hybridized carbons (Fsp3) is 0.647.